The first-order valence-corrected chi connectivity index (χ1v) is 11.8. The second-order valence-electron chi connectivity index (χ2n) is 5.77. The van der Waals surface area contributed by atoms with Gasteiger partial charge in [0.15, 0.2) is 0 Å². The molecule has 0 radical (unpaired) electrons. The van der Waals surface area contributed by atoms with Crippen LogP contribution in [0.4, 0.5) is 11.4 Å². The molecule has 0 atom stereocenters. The molecule has 8 heteroatoms. The Morgan fingerprint density at radius 1 is 1.00 bits per heavy atom. The summed E-state index contributed by atoms with van der Waals surface area (Å²) >= 11 is 3.32. The van der Waals surface area contributed by atoms with Crippen LogP contribution in [0.3, 0.4) is 0 Å². The lowest BCUT2D eigenvalue weighted by Gasteiger charge is -2.10. The predicted octanol–water partition coefficient (Wildman–Crippen LogP) is 4.66. The Bertz CT molecular complexity index is 1010. The normalized spacial score (nSPS) is 11.1. The van der Waals surface area contributed by atoms with Crippen molar-refractivity contribution in [3.63, 3.8) is 0 Å². The highest BCUT2D eigenvalue weighted by molar-refractivity contribution is 7.98. The average molecular weight is 419 g/mol. The summed E-state index contributed by atoms with van der Waals surface area (Å²) in [5.74, 6) is 0.612. The standard InChI is InChI=1S/C19H18N2O3S3/c1-27(23,24)21-15-10-8-14(9-11-15)20-19(22)17-6-2-3-7-18(17)26-13-16-5-4-12-25-16/h2-12,21H,13H2,1H3,(H,20,22). The molecular formula is C19H18N2O3S3. The molecule has 1 aromatic heterocycles. The van der Waals surface area contributed by atoms with Gasteiger partial charge < -0.3 is 5.32 Å². The third-order valence-corrected chi connectivity index (χ3v) is 6.32. The van der Waals surface area contributed by atoms with Gasteiger partial charge in [-0.1, -0.05) is 18.2 Å². The monoisotopic (exact) mass is 418 g/mol. The molecule has 0 aliphatic rings. The van der Waals surface area contributed by atoms with E-state index in [0.717, 1.165) is 16.9 Å². The second kappa shape index (κ2) is 8.60. The second-order valence-corrected chi connectivity index (χ2v) is 9.57. The van der Waals surface area contributed by atoms with Gasteiger partial charge in [0.2, 0.25) is 10.0 Å². The maximum Gasteiger partial charge on any atom is 0.256 e. The Balaban J connectivity index is 1.69. The van der Waals surface area contributed by atoms with Crippen LogP contribution in [0.15, 0.2) is 70.9 Å². The Morgan fingerprint density at radius 2 is 1.70 bits per heavy atom. The zero-order valence-corrected chi connectivity index (χ0v) is 17.0. The van der Waals surface area contributed by atoms with E-state index in [1.165, 1.54) is 4.88 Å². The Morgan fingerprint density at radius 3 is 2.37 bits per heavy atom. The first-order valence-electron chi connectivity index (χ1n) is 8.04. The van der Waals surface area contributed by atoms with Crippen LogP contribution < -0.4 is 10.0 Å². The molecule has 0 bridgehead atoms. The van der Waals surface area contributed by atoms with Crippen molar-refractivity contribution in [2.45, 2.75) is 10.6 Å². The molecule has 2 N–H and O–H groups in total. The fraction of sp³-hybridized carbons (Fsp3) is 0.105. The van der Waals surface area contributed by atoms with E-state index in [-0.39, 0.29) is 5.91 Å². The fourth-order valence-corrected chi connectivity index (χ4v) is 4.75. The van der Waals surface area contributed by atoms with Crippen LogP contribution in [0.5, 0.6) is 0 Å². The van der Waals surface area contributed by atoms with Crippen molar-refractivity contribution in [3.05, 3.63) is 76.5 Å². The summed E-state index contributed by atoms with van der Waals surface area (Å²) < 4.78 is 24.9. The molecule has 3 aromatic rings. The number of benzene rings is 2. The van der Waals surface area contributed by atoms with Crippen molar-refractivity contribution in [1.82, 2.24) is 0 Å². The SMILES string of the molecule is CS(=O)(=O)Nc1ccc(NC(=O)c2ccccc2SCc2cccs2)cc1. The van der Waals surface area contributed by atoms with E-state index in [9.17, 15) is 13.2 Å². The minimum Gasteiger partial charge on any atom is -0.322 e. The summed E-state index contributed by atoms with van der Waals surface area (Å²) in [6, 6.07) is 18.1. The molecule has 0 saturated heterocycles. The topological polar surface area (TPSA) is 75.3 Å². The summed E-state index contributed by atoms with van der Waals surface area (Å²) in [6.45, 7) is 0. The van der Waals surface area contributed by atoms with E-state index >= 15 is 0 Å². The van der Waals surface area contributed by atoms with Crippen molar-refractivity contribution < 1.29 is 13.2 Å². The Hall–Kier alpha value is -2.29. The average Bonchev–Trinajstić information content (AvgIpc) is 3.14. The molecule has 140 valence electrons. The lowest BCUT2D eigenvalue weighted by molar-refractivity contribution is 0.102. The smallest absolute Gasteiger partial charge is 0.256 e. The van der Waals surface area contributed by atoms with Gasteiger partial charge in [-0.2, -0.15) is 0 Å². The Kier molecular flexibility index (Phi) is 6.20. The van der Waals surface area contributed by atoms with Crippen molar-refractivity contribution in [3.8, 4) is 0 Å². The summed E-state index contributed by atoms with van der Waals surface area (Å²) in [7, 11) is -3.33. The number of carbonyl (C=O) groups excluding carboxylic acids is 1. The molecule has 0 fully saturated rings. The molecule has 0 spiro atoms. The van der Waals surface area contributed by atoms with Crippen molar-refractivity contribution in [2.75, 3.05) is 16.3 Å². The molecule has 0 unspecified atom stereocenters. The number of anilines is 2. The van der Waals surface area contributed by atoms with Crippen LogP contribution in [0, 0.1) is 0 Å². The van der Waals surface area contributed by atoms with Gasteiger partial charge in [-0.05, 0) is 47.8 Å². The minimum absolute atomic E-state index is 0.201. The third-order valence-electron chi connectivity index (χ3n) is 3.53. The molecular weight excluding hydrogens is 400 g/mol. The summed E-state index contributed by atoms with van der Waals surface area (Å²) in [6.07, 6.45) is 1.09. The number of amides is 1. The lowest BCUT2D eigenvalue weighted by atomic mass is 10.2. The number of hydrogen-bond donors (Lipinski definition) is 2. The molecule has 5 nitrogen and oxygen atoms in total. The van der Waals surface area contributed by atoms with Crippen LogP contribution in [0.2, 0.25) is 0 Å². The van der Waals surface area contributed by atoms with Crippen LogP contribution in [0.1, 0.15) is 15.2 Å². The van der Waals surface area contributed by atoms with Crippen LogP contribution >= 0.6 is 23.1 Å². The van der Waals surface area contributed by atoms with Gasteiger partial charge in [0, 0.05) is 26.9 Å². The van der Waals surface area contributed by atoms with Crippen molar-refractivity contribution in [2.24, 2.45) is 0 Å². The van der Waals surface area contributed by atoms with E-state index in [0.29, 0.717) is 16.9 Å². The van der Waals surface area contributed by atoms with E-state index < -0.39 is 10.0 Å². The number of thioether (sulfide) groups is 1. The number of nitrogens with one attached hydrogen (secondary N) is 2. The molecule has 27 heavy (non-hydrogen) atoms. The first kappa shape index (κ1) is 19.5. The molecule has 0 saturated carbocycles. The molecule has 1 amide bonds. The molecule has 3 rings (SSSR count). The first-order chi connectivity index (χ1) is 12.9. The summed E-state index contributed by atoms with van der Waals surface area (Å²) in [5, 5.41) is 4.89. The number of sulfonamides is 1. The zero-order valence-electron chi connectivity index (χ0n) is 14.5. The third kappa shape index (κ3) is 5.85. The van der Waals surface area contributed by atoms with Gasteiger partial charge >= 0.3 is 0 Å². The highest BCUT2D eigenvalue weighted by Crippen LogP contribution is 2.28. The maximum absolute atomic E-state index is 12.7. The summed E-state index contributed by atoms with van der Waals surface area (Å²) in [5.41, 5.74) is 1.65. The van der Waals surface area contributed by atoms with Gasteiger partial charge in [-0.25, -0.2) is 8.42 Å². The fourth-order valence-electron chi connectivity index (χ4n) is 2.36. The molecule has 0 aliphatic carbocycles. The van der Waals surface area contributed by atoms with Gasteiger partial charge in [-0.3, -0.25) is 9.52 Å². The van der Waals surface area contributed by atoms with E-state index in [1.54, 1.807) is 53.4 Å². The Labute approximate surface area is 166 Å². The number of thiophene rings is 1. The lowest BCUT2D eigenvalue weighted by Crippen LogP contribution is -2.13. The van der Waals surface area contributed by atoms with Crippen LogP contribution in [-0.4, -0.2) is 20.6 Å². The summed E-state index contributed by atoms with van der Waals surface area (Å²) in [4.78, 5) is 14.8. The number of rotatable bonds is 7. The van der Waals surface area contributed by atoms with Crippen molar-refractivity contribution >= 4 is 50.4 Å². The van der Waals surface area contributed by atoms with Crippen LogP contribution in [0.25, 0.3) is 0 Å². The van der Waals surface area contributed by atoms with Crippen LogP contribution in [-0.2, 0) is 15.8 Å². The minimum atomic E-state index is -3.33. The van der Waals surface area contributed by atoms with E-state index in [1.807, 2.05) is 29.6 Å². The number of carbonyl (C=O) groups is 1. The highest BCUT2D eigenvalue weighted by Gasteiger charge is 2.12. The molecule has 0 aliphatic heterocycles. The van der Waals surface area contributed by atoms with Gasteiger partial charge in [-0.15, -0.1) is 23.1 Å². The van der Waals surface area contributed by atoms with Gasteiger partial charge in [0.25, 0.3) is 5.91 Å². The van der Waals surface area contributed by atoms with E-state index in [2.05, 4.69) is 16.1 Å². The molecule has 2 aromatic carbocycles. The predicted molar refractivity (Wildman–Crippen MR) is 113 cm³/mol. The molecule has 1 heterocycles. The van der Waals surface area contributed by atoms with Gasteiger partial charge in [0.05, 0.1) is 11.8 Å². The van der Waals surface area contributed by atoms with E-state index in [4.69, 9.17) is 0 Å². The highest BCUT2D eigenvalue weighted by atomic mass is 32.2. The maximum atomic E-state index is 12.7. The largest absolute Gasteiger partial charge is 0.322 e. The van der Waals surface area contributed by atoms with Gasteiger partial charge in [0.1, 0.15) is 0 Å². The quantitative estimate of drug-likeness (QED) is 0.547. The zero-order chi connectivity index (χ0) is 19.3. The number of hydrogen-bond acceptors (Lipinski definition) is 5. The van der Waals surface area contributed by atoms with Crippen molar-refractivity contribution in [1.29, 1.82) is 0 Å².